The molecule has 0 fully saturated rings. The van der Waals surface area contributed by atoms with E-state index in [1.165, 1.54) is 24.3 Å². The van der Waals surface area contributed by atoms with Gasteiger partial charge in [0.15, 0.2) is 0 Å². The highest BCUT2D eigenvalue weighted by atomic mass is 17.5. The normalized spacial score (nSPS) is 14.9. The van der Waals surface area contributed by atoms with Crippen molar-refractivity contribution in [2.45, 2.75) is 118 Å². The molecule has 8 nitrogen and oxygen atoms in total. The molecule has 0 aliphatic carbocycles. The lowest BCUT2D eigenvalue weighted by Crippen LogP contribution is -2.29. The summed E-state index contributed by atoms with van der Waals surface area (Å²) in [6.07, 6.45) is 7.05. The Morgan fingerprint density at radius 2 is 1.14 bits per heavy atom. The molecule has 8 heteroatoms. The smallest absolute Gasteiger partial charge is 0.263 e. The molecule has 1 rings (SSSR count). The second-order valence-electron chi connectivity index (χ2n) is 10.8. The molecular formula is C28H46O8. The van der Waals surface area contributed by atoms with Crippen molar-refractivity contribution in [3.8, 4) is 0 Å². The van der Waals surface area contributed by atoms with Gasteiger partial charge in [0, 0.05) is 0 Å². The molecule has 0 radical (unpaired) electrons. The second-order valence-corrected chi connectivity index (χ2v) is 10.8. The summed E-state index contributed by atoms with van der Waals surface area (Å²) in [6.45, 7) is 16.5. The summed E-state index contributed by atoms with van der Waals surface area (Å²) in [6, 6.07) is 5.83. The van der Waals surface area contributed by atoms with E-state index < -0.39 is 23.1 Å². The minimum absolute atomic E-state index is 0.0964. The van der Waals surface area contributed by atoms with Crippen LogP contribution in [0.2, 0.25) is 0 Å². The number of benzene rings is 1. The molecule has 0 N–H and O–H groups in total. The Morgan fingerprint density at radius 1 is 0.750 bits per heavy atom. The Morgan fingerprint density at radius 3 is 1.47 bits per heavy atom. The van der Waals surface area contributed by atoms with Crippen LogP contribution in [0.3, 0.4) is 0 Å². The van der Waals surface area contributed by atoms with Crippen LogP contribution in [0.15, 0.2) is 24.3 Å². The predicted molar refractivity (Wildman–Crippen MR) is 136 cm³/mol. The van der Waals surface area contributed by atoms with Gasteiger partial charge in [-0.15, -0.1) is 0 Å². The molecule has 0 aromatic heterocycles. The van der Waals surface area contributed by atoms with E-state index in [0.29, 0.717) is 24.7 Å². The minimum atomic E-state index is -0.800. The number of carbonyl (C=O) groups excluding carboxylic acids is 2. The number of rotatable bonds is 18. The van der Waals surface area contributed by atoms with Gasteiger partial charge in [0.1, 0.15) is 11.2 Å². The van der Waals surface area contributed by atoms with E-state index in [9.17, 15) is 9.59 Å². The zero-order chi connectivity index (χ0) is 27.2. The zero-order valence-corrected chi connectivity index (χ0v) is 23.4. The molecule has 0 spiro atoms. The van der Waals surface area contributed by atoms with Crippen LogP contribution >= 0.6 is 0 Å². The first-order valence-corrected chi connectivity index (χ1v) is 13.2. The molecule has 1 aromatic rings. The highest BCUT2D eigenvalue weighted by molar-refractivity contribution is 5.94. The Labute approximate surface area is 216 Å². The molecule has 0 heterocycles. The van der Waals surface area contributed by atoms with Crippen LogP contribution in [0, 0.1) is 11.8 Å². The third-order valence-corrected chi connectivity index (χ3v) is 6.49. The first-order chi connectivity index (χ1) is 16.9. The Kier molecular flexibility index (Phi) is 14.2. The molecule has 0 aliphatic heterocycles. The molecule has 2 atom stereocenters. The van der Waals surface area contributed by atoms with Crippen molar-refractivity contribution < 1.29 is 39.2 Å². The highest BCUT2D eigenvalue weighted by Gasteiger charge is 2.27. The summed E-state index contributed by atoms with van der Waals surface area (Å²) in [4.78, 5) is 45.2. The Bertz CT molecular complexity index is 732. The third-order valence-electron chi connectivity index (χ3n) is 6.49. The van der Waals surface area contributed by atoms with Gasteiger partial charge in [-0.05, 0) is 79.6 Å². The van der Waals surface area contributed by atoms with Gasteiger partial charge < -0.3 is 0 Å². The quantitative estimate of drug-likeness (QED) is 0.146. The molecule has 0 saturated carbocycles. The van der Waals surface area contributed by atoms with E-state index in [0.717, 1.165) is 38.5 Å². The summed E-state index contributed by atoms with van der Waals surface area (Å²) >= 11 is 0. The summed E-state index contributed by atoms with van der Waals surface area (Å²) in [5.74, 6) is -0.393. The lowest BCUT2D eigenvalue weighted by atomic mass is 9.94. The van der Waals surface area contributed by atoms with Crippen molar-refractivity contribution in [2.24, 2.45) is 11.8 Å². The SMILES string of the molecule is CCC(C)(CCCC(C)C)OOOC(=O)c1cccc(C(=O)OOOC(C)(CC)CCCC(C)C)c1. The summed E-state index contributed by atoms with van der Waals surface area (Å²) in [5, 5.41) is 9.63. The second kappa shape index (κ2) is 16.0. The van der Waals surface area contributed by atoms with Gasteiger partial charge in [0.05, 0.1) is 11.1 Å². The van der Waals surface area contributed by atoms with Crippen LogP contribution in [0.4, 0.5) is 0 Å². The van der Waals surface area contributed by atoms with Gasteiger partial charge in [-0.2, -0.15) is 9.78 Å². The maximum absolute atomic E-state index is 12.4. The standard InChI is InChI=1S/C28H46O8/c1-9-27(7,18-12-14-21(3)4)33-35-31-25(29)23-16-11-17-24(20-23)26(30)32-36-34-28(8,10-2)19-13-15-22(5)6/h11,16-17,20-22H,9-10,12-15,18-19H2,1-8H3. The fourth-order valence-corrected chi connectivity index (χ4v) is 3.45. The lowest BCUT2D eigenvalue weighted by Gasteiger charge is -2.25. The minimum Gasteiger partial charge on any atom is -0.263 e. The average molecular weight is 511 g/mol. The number of hydrogen-bond donors (Lipinski definition) is 0. The Balaban J connectivity index is 2.56. The van der Waals surface area contributed by atoms with E-state index in [4.69, 9.17) is 29.6 Å². The molecule has 1 aromatic carbocycles. The van der Waals surface area contributed by atoms with E-state index in [1.807, 2.05) is 27.7 Å². The first kappa shape index (κ1) is 32.0. The van der Waals surface area contributed by atoms with Gasteiger partial charge >= 0.3 is 11.9 Å². The summed E-state index contributed by atoms with van der Waals surface area (Å²) in [7, 11) is 0. The van der Waals surface area contributed by atoms with Gasteiger partial charge in [0.2, 0.25) is 0 Å². The number of carbonyl (C=O) groups is 2. The predicted octanol–water partition coefficient (Wildman–Crippen LogP) is 7.72. The van der Waals surface area contributed by atoms with Gasteiger partial charge in [-0.25, -0.2) is 9.59 Å². The van der Waals surface area contributed by atoms with Gasteiger partial charge in [-0.3, -0.25) is 9.78 Å². The largest absolute Gasteiger partial charge is 0.376 e. The molecule has 206 valence electrons. The monoisotopic (exact) mass is 510 g/mol. The van der Waals surface area contributed by atoms with E-state index >= 15 is 0 Å². The number of hydrogen-bond acceptors (Lipinski definition) is 8. The van der Waals surface area contributed by atoms with Gasteiger partial charge in [-0.1, -0.05) is 73.3 Å². The molecular weight excluding hydrogens is 464 g/mol. The van der Waals surface area contributed by atoms with Crippen molar-refractivity contribution in [1.82, 2.24) is 0 Å². The highest BCUT2D eigenvalue weighted by Crippen LogP contribution is 2.26. The first-order valence-electron chi connectivity index (χ1n) is 13.2. The maximum atomic E-state index is 12.4. The van der Waals surface area contributed by atoms with Gasteiger partial charge in [0.25, 0.3) is 0 Å². The molecule has 0 aliphatic rings. The van der Waals surface area contributed by atoms with Crippen molar-refractivity contribution in [1.29, 1.82) is 0 Å². The molecule has 2 unspecified atom stereocenters. The van der Waals surface area contributed by atoms with Crippen LogP contribution in [0.5, 0.6) is 0 Å². The van der Waals surface area contributed by atoms with Crippen LogP contribution < -0.4 is 0 Å². The molecule has 0 amide bonds. The zero-order valence-electron chi connectivity index (χ0n) is 23.4. The lowest BCUT2D eigenvalue weighted by molar-refractivity contribution is -0.515. The van der Waals surface area contributed by atoms with Crippen molar-refractivity contribution in [2.75, 3.05) is 0 Å². The van der Waals surface area contributed by atoms with Crippen molar-refractivity contribution in [3.05, 3.63) is 35.4 Å². The van der Waals surface area contributed by atoms with Crippen LogP contribution in [-0.4, -0.2) is 23.1 Å². The molecule has 0 bridgehead atoms. The Hall–Kier alpha value is -2.00. The topological polar surface area (TPSA) is 89.5 Å². The van der Waals surface area contributed by atoms with E-state index in [-0.39, 0.29) is 11.1 Å². The fourth-order valence-electron chi connectivity index (χ4n) is 3.45. The van der Waals surface area contributed by atoms with Crippen LogP contribution in [0.25, 0.3) is 0 Å². The van der Waals surface area contributed by atoms with E-state index in [1.54, 1.807) is 0 Å². The van der Waals surface area contributed by atoms with Crippen molar-refractivity contribution >= 4 is 11.9 Å². The van der Waals surface area contributed by atoms with Crippen LogP contribution in [0.1, 0.15) is 127 Å². The van der Waals surface area contributed by atoms with E-state index in [2.05, 4.69) is 27.7 Å². The summed E-state index contributed by atoms with van der Waals surface area (Å²) in [5.41, 5.74) is -0.946. The molecule has 0 saturated heterocycles. The van der Waals surface area contributed by atoms with Crippen molar-refractivity contribution in [3.63, 3.8) is 0 Å². The maximum Gasteiger partial charge on any atom is 0.376 e. The fraction of sp³-hybridized carbons (Fsp3) is 0.714. The third kappa shape index (κ3) is 12.3. The average Bonchev–Trinajstić information content (AvgIpc) is 2.83. The molecule has 36 heavy (non-hydrogen) atoms. The summed E-state index contributed by atoms with van der Waals surface area (Å²) < 4.78 is 0. The van der Waals surface area contributed by atoms with Crippen LogP contribution in [-0.2, 0) is 29.6 Å².